The van der Waals surface area contributed by atoms with E-state index in [1.54, 1.807) is 0 Å². The quantitative estimate of drug-likeness (QED) is 0.747. The highest BCUT2D eigenvalue weighted by Crippen LogP contribution is 2.31. The molecule has 0 aromatic rings. The predicted octanol–water partition coefficient (Wildman–Crippen LogP) is 1.02. The van der Waals surface area contributed by atoms with E-state index in [0.717, 1.165) is 38.5 Å². The van der Waals surface area contributed by atoms with E-state index >= 15 is 0 Å². The summed E-state index contributed by atoms with van der Waals surface area (Å²) < 4.78 is 22.0. The van der Waals surface area contributed by atoms with Crippen molar-refractivity contribution < 1.29 is 13.2 Å². The Hall–Kier alpha value is -0.660. The lowest BCUT2D eigenvalue weighted by Crippen LogP contribution is -2.46. The Kier molecular flexibility index (Phi) is 6.45. The molecule has 7 heteroatoms. The average Bonchev–Trinajstić information content (AvgIpc) is 3.24. The highest BCUT2D eigenvalue weighted by molar-refractivity contribution is 7.89. The Bertz CT molecular complexity index is 503. The first kappa shape index (κ1) is 18.7. The number of carbonyl (C=O) groups is 1. The lowest BCUT2D eigenvalue weighted by Gasteiger charge is -2.34. The van der Waals surface area contributed by atoms with Crippen molar-refractivity contribution in [3.63, 3.8) is 0 Å². The first-order valence-electron chi connectivity index (χ1n) is 8.78. The van der Waals surface area contributed by atoms with Crippen molar-refractivity contribution >= 4 is 15.9 Å². The van der Waals surface area contributed by atoms with Gasteiger partial charge in [-0.3, -0.25) is 9.69 Å². The van der Waals surface area contributed by atoms with Gasteiger partial charge in [-0.1, -0.05) is 13.8 Å². The number of amides is 1. The fourth-order valence-electron chi connectivity index (χ4n) is 3.36. The molecule has 1 atom stereocenters. The highest BCUT2D eigenvalue weighted by Gasteiger charge is 2.33. The Labute approximate surface area is 140 Å². The minimum absolute atomic E-state index is 0.0626. The van der Waals surface area contributed by atoms with Crippen LogP contribution in [-0.2, 0) is 14.8 Å². The predicted molar refractivity (Wildman–Crippen MR) is 91.3 cm³/mol. The van der Waals surface area contributed by atoms with Crippen LogP contribution in [0, 0.1) is 11.8 Å². The molecule has 1 amide bonds. The number of sulfonamides is 1. The van der Waals surface area contributed by atoms with Gasteiger partial charge in [0.25, 0.3) is 0 Å². The van der Waals surface area contributed by atoms with E-state index in [0.29, 0.717) is 18.4 Å². The third-order valence-electron chi connectivity index (χ3n) is 4.88. The molecule has 0 bridgehead atoms. The minimum Gasteiger partial charge on any atom is -0.341 e. The Morgan fingerprint density at radius 2 is 1.96 bits per heavy atom. The third-order valence-corrected chi connectivity index (χ3v) is 5.74. The van der Waals surface area contributed by atoms with Crippen LogP contribution in [0.2, 0.25) is 0 Å². The number of hydrogen-bond acceptors (Lipinski definition) is 4. The number of primary sulfonamides is 1. The standard InChI is InChI=1S/C16H31N3O3S/c1-13(2)15-12-19(16(20)5-3-10-23(17,21)22)9-4-8-18(15)11-14-6-7-14/h13-15H,3-12H2,1-2H3,(H2,17,21,22)/t15-/m1/s1. The largest absolute Gasteiger partial charge is 0.341 e. The van der Waals surface area contributed by atoms with Gasteiger partial charge in [-0.2, -0.15) is 0 Å². The summed E-state index contributed by atoms with van der Waals surface area (Å²) in [5, 5.41) is 5.00. The van der Waals surface area contributed by atoms with Crippen LogP contribution in [0.15, 0.2) is 0 Å². The molecule has 1 aliphatic heterocycles. The maximum atomic E-state index is 12.4. The van der Waals surface area contributed by atoms with Crippen LogP contribution in [0.5, 0.6) is 0 Å². The molecule has 2 fully saturated rings. The molecule has 1 aliphatic carbocycles. The fraction of sp³-hybridized carbons (Fsp3) is 0.938. The summed E-state index contributed by atoms with van der Waals surface area (Å²) in [5.74, 6) is 1.31. The summed E-state index contributed by atoms with van der Waals surface area (Å²) in [6.45, 7) is 8.20. The molecule has 0 aromatic heterocycles. The Balaban J connectivity index is 1.90. The lowest BCUT2D eigenvalue weighted by atomic mass is 10.0. The molecule has 134 valence electrons. The van der Waals surface area contributed by atoms with Gasteiger partial charge in [0.05, 0.1) is 5.75 Å². The maximum absolute atomic E-state index is 12.4. The number of carbonyl (C=O) groups excluding carboxylic acids is 1. The molecule has 0 aromatic carbocycles. The molecule has 2 N–H and O–H groups in total. The van der Waals surface area contributed by atoms with Crippen molar-refractivity contribution in [1.29, 1.82) is 0 Å². The lowest BCUT2D eigenvalue weighted by molar-refractivity contribution is -0.131. The van der Waals surface area contributed by atoms with Crippen LogP contribution in [0.4, 0.5) is 0 Å². The second-order valence-electron chi connectivity index (χ2n) is 7.41. The summed E-state index contributed by atoms with van der Waals surface area (Å²) in [7, 11) is -3.48. The molecular formula is C16H31N3O3S. The summed E-state index contributed by atoms with van der Waals surface area (Å²) in [6, 6.07) is 0.403. The van der Waals surface area contributed by atoms with Crippen molar-refractivity contribution in [3.05, 3.63) is 0 Å². The van der Waals surface area contributed by atoms with E-state index in [-0.39, 0.29) is 18.1 Å². The third kappa shape index (κ3) is 6.39. The van der Waals surface area contributed by atoms with Gasteiger partial charge in [-0.05, 0) is 37.5 Å². The molecule has 0 spiro atoms. The van der Waals surface area contributed by atoms with Crippen molar-refractivity contribution in [2.24, 2.45) is 17.0 Å². The molecule has 1 saturated heterocycles. The van der Waals surface area contributed by atoms with Gasteiger partial charge in [-0.15, -0.1) is 0 Å². The molecule has 2 aliphatic rings. The average molecular weight is 346 g/mol. The first-order valence-corrected chi connectivity index (χ1v) is 10.5. The second kappa shape index (κ2) is 7.94. The minimum atomic E-state index is -3.48. The second-order valence-corrected chi connectivity index (χ2v) is 9.15. The smallest absolute Gasteiger partial charge is 0.222 e. The van der Waals surface area contributed by atoms with Gasteiger partial charge in [0.2, 0.25) is 15.9 Å². The number of hydrogen-bond donors (Lipinski definition) is 1. The zero-order valence-corrected chi connectivity index (χ0v) is 15.2. The summed E-state index contributed by atoms with van der Waals surface area (Å²) >= 11 is 0. The van der Waals surface area contributed by atoms with Crippen molar-refractivity contribution in [1.82, 2.24) is 9.80 Å². The molecule has 23 heavy (non-hydrogen) atoms. The van der Waals surface area contributed by atoms with E-state index in [1.807, 2.05) is 4.90 Å². The van der Waals surface area contributed by atoms with Crippen molar-refractivity contribution in [3.8, 4) is 0 Å². The molecule has 2 rings (SSSR count). The molecular weight excluding hydrogens is 314 g/mol. The summed E-state index contributed by atoms with van der Waals surface area (Å²) in [5.41, 5.74) is 0. The SMILES string of the molecule is CC(C)[C@H]1CN(C(=O)CCCS(N)(=O)=O)CCCN1CC1CC1. The van der Waals surface area contributed by atoms with Crippen molar-refractivity contribution in [2.45, 2.75) is 52.0 Å². The Morgan fingerprint density at radius 1 is 1.26 bits per heavy atom. The molecule has 1 heterocycles. The van der Waals surface area contributed by atoms with Crippen LogP contribution >= 0.6 is 0 Å². The summed E-state index contributed by atoms with van der Waals surface area (Å²) in [4.78, 5) is 16.9. The number of nitrogens with zero attached hydrogens (tertiary/aromatic N) is 2. The van der Waals surface area contributed by atoms with Gasteiger partial charge < -0.3 is 4.90 Å². The Morgan fingerprint density at radius 3 is 2.52 bits per heavy atom. The van der Waals surface area contributed by atoms with Crippen LogP contribution < -0.4 is 5.14 Å². The van der Waals surface area contributed by atoms with E-state index in [4.69, 9.17) is 5.14 Å². The number of rotatable bonds is 7. The van der Waals surface area contributed by atoms with E-state index in [9.17, 15) is 13.2 Å². The monoisotopic (exact) mass is 345 g/mol. The van der Waals surface area contributed by atoms with Gasteiger partial charge in [0, 0.05) is 38.6 Å². The number of nitrogens with two attached hydrogens (primary N) is 1. The molecule has 0 unspecified atom stereocenters. The van der Waals surface area contributed by atoms with Gasteiger partial charge >= 0.3 is 0 Å². The molecule has 0 radical (unpaired) electrons. The van der Waals surface area contributed by atoms with E-state index in [2.05, 4.69) is 18.7 Å². The van der Waals surface area contributed by atoms with Crippen molar-refractivity contribution in [2.75, 3.05) is 31.9 Å². The first-order chi connectivity index (χ1) is 10.8. The van der Waals surface area contributed by atoms with Crippen LogP contribution in [0.25, 0.3) is 0 Å². The normalized spacial score (nSPS) is 24.0. The topological polar surface area (TPSA) is 83.7 Å². The van der Waals surface area contributed by atoms with Crippen LogP contribution in [0.1, 0.15) is 46.0 Å². The molecule has 6 nitrogen and oxygen atoms in total. The zero-order valence-electron chi connectivity index (χ0n) is 14.4. The van der Waals surface area contributed by atoms with Gasteiger partial charge in [-0.25, -0.2) is 13.6 Å². The zero-order chi connectivity index (χ0) is 17.0. The highest BCUT2D eigenvalue weighted by atomic mass is 32.2. The molecule has 1 saturated carbocycles. The van der Waals surface area contributed by atoms with E-state index < -0.39 is 10.0 Å². The fourth-order valence-corrected chi connectivity index (χ4v) is 3.91. The van der Waals surface area contributed by atoms with Gasteiger partial charge in [0.1, 0.15) is 0 Å². The maximum Gasteiger partial charge on any atom is 0.222 e. The summed E-state index contributed by atoms with van der Waals surface area (Å²) in [6.07, 6.45) is 4.27. The van der Waals surface area contributed by atoms with Crippen LogP contribution in [-0.4, -0.2) is 62.1 Å². The van der Waals surface area contributed by atoms with Gasteiger partial charge in [0.15, 0.2) is 0 Å². The van der Waals surface area contributed by atoms with Crippen LogP contribution in [0.3, 0.4) is 0 Å². The van der Waals surface area contributed by atoms with E-state index in [1.165, 1.54) is 12.8 Å².